The Morgan fingerprint density at radius 2 is 2.11 bits per heavy atom. The van der Waals surface area contributed by atoms with Gasteiger partial charge < -0.3 is 5.32 Å². The number of benzene rings is 1. The fourth-order valence-corrected chi connectivity index (χ4v) is 4.23. The first-order valence-corrected chi connectivity index (χ1v) is 7.81. The first-order chi connectivity index (χ1) is 9.13. The molecule has 1 aromatic carbocycles. The summed E-state index contributed by atoms with van der Waals surface area (Å²) in [5.41, 5.74) is 0. The van der Waals surface area contributed by atoms with Crippen LogP contribution >= 0.6 is 11.8 Å². The standard InChI is InChI=1S/C15H21F2NS/c1-3-10-4-6-13(18-2)15(8-10)19-14-7-5-11(16)9-12(14)17/h5,7,9-10,13,15,18H,3-4,6,8H2,1-2H3. The minimum atomic E-state index is -0.512. The summed E-state index contributed by atoms with van der Waals surface area (Å²) in [7, 11) is 1.96. The number of thioether (sulfide) groups is 1. The number of hydrogen-bond donors (Lipinski definition) is 1. The van der Waals surface area contributed by atoms with Crippen LogP contribution < -0.4 is 5.32 Å². The summed E-state index contributed by atoms with van der Waals surface area (Å²) in [6.45, 7) is 2.21. The average molecular weight is 285 g/mol. The second-order valence-electron chi connectivity index (χ2n) is 5.21. The molecule has 0 aromatic heterocycles. The minimum absolute atomic E-state index is 0.365. The van der Waals surface area contributed by atoms with Gasteiger partial charge in [0.1, 0.15) is 11.6 Å². The molecule has 3 unspecified atom stereocenters. The Hall–Kier alpha value is -0.610. The van der Waals surface area contributed by atoms with Crippen LogP contribution in [-0.4, -0.2) is 18.3 Å². The van der Waals surface area contributed by atoms with Crippen LogP contribution in [0.3, 0.4) is 0 Å². The van der Waals surface area contributed by atoms with Gasteiger partial charge in [-0.1, -0.05) is 13.3 Å². The Morgan fingerprint density at radius 3 is 2.74 bits per heavy atom. The fraction of sp³-hybridized carbons (Fsp3) is 0.600. The van der Waals surface area contributed by atoms with Crippen LogP contribution in [0, 0.1) is 17.6 Å². The molecule has 106 valence electrons. The molecule has 0 heterocycles. The van der Waals surface area contributed by atoms with Crippen LogP contribution in [0.25, 0.3) is 0 Å². The molecule has 0 bridgehead atoms. The quantitative estimate of drug-likeness (QED) is 0.888. The molecule has 1 fully saturated rings. The lowest BCUT2D eigenvalue weighted by Crippen LogP contribution is -2.40. The highest BCUT2D eigenvalue weighted by Gasteiger charge is 2.30. The molecular formula is C15H21F2NS. The normalized spacial score (nSPS) is 27.5. The second-order valence-corrected chi connectivity index (χ2v) is 6.49. The lowest BCUT2D eigenvalue weighted by atomic mass is 9.84. The molecule has 3 atom stereocenters. The molecule has 4 heteroatoms. The van der Waals surface area contributed by atoms with Gasteiger partial charge in [-0.3, -0.25) is 0 Å². The Bertz CT molecular complexity index is 425. The monoisotopic (exact) mass is 285 g/mol. The van der Waals surface area contributed by atoms with Gasteiger partial charge in [0.15, 0.2) is 0 Å². The Balaban J connectivity index is 2.09. The Kier molecular flexibility index (Phi) is 5.22. The number of nitrogens with one attached hydrogen (secondary N) is 1. The highest BCUT2D eigenvalue weighted by Crippen LogP contribution is 2.38. The van der Waals surface area contributed by atoms with Crippen molar-refractivity contribution in [1.82, 2.24) is 5.32 Å². The van der Waals surface area contributed by atoms with Gasteiger partial charge >= 0.3 is 0 Å². The maximum Gasteiger partial charge on any atom is 0.139 e. The predicted molar refractivity (Wildman–Crippen MR) is 76.5 cm³/mol. The molecule has 1 saturated carbocycles. The summed E-state index contributed by atoms with van der Waals surface area (Å²) in [5, 5.41) is 3.70. The van der Waals surface area contributed by atoms with E-state index < -0.39 is 11.6 Å². The lowest BCUT2D eigenvalue weighted by Gasteiger charge is -2.35. The largest absolute Gasteiger partial charge is 0.316 e. The Morgan fingerprint density at radius 1 is 1.32 bits per heavy atom. The van der Waals surface area contributed by atoms with E-state index in [9.17, 15) is 8.78 Å². The van der Waals surface area contributed by atoms with E-state index in [2.05, 4.69) is 12.2 Å². The maximum absolute atomic E-state index is 13.7. The molecule has 1 aliphatic rings. The molecule has 1 nitrogen and oxygen atoms in total. The molecule has 1 aromatic rings. The van der Waals surface area contributed by atoms with Crippen LogP contribution in [0.5, 0.6) is 0 Å². The molecule has 0 amide bonds. The fourth-order valence-electron chi connectivity index (χ4n) is 2.78. The SMILES string of the molecule is CCC1CCC(NC)C(Sc2ccc(F)cc2F)C1. The van der Waals surface area contributed by atoms with E-state index >= 15 is 0 Å². The first-order valence-electron chi connectivity index (χ1n) is 6.93. The third kappa shape index (κ3) is 3.69. The zero-order valence-corrected chi connectivity index (χ0v) is 12.3. The van der Waals surface area contributed by atoms with E-state index in [4.69, 9.17) is 0 Å². The third-order valence-corrected chi connectivity index (χ3v) is 5.43. The van der Waals surface area contributed by atoms with Crippen LogP contribution in [0.15, 0.2) is 23.1 Å². The van der Waals surface area contributed by atoms with Crippen molar-refractivity contribution in [3.63, 3.8) is 0 Å². The van der Waals surface area contributed by atoms with E-state index in [0.29, 0.717) is 16.2 Å². The minimum Gasteiger partial charge on any atom is -0.316 e. The van der Waals surface area contributed by atoms with E-state index in [1.54, 1.807) is 17.8 Å². The number of rotatable bonds is 4. The lowest BCUT2D eigenvalue weighted by molar-refractivity contribution is 0.304. The van der Waals surface area contributed by atoms with Gasteiger partial charge in [0.2, 0.25) is 0 Å². The molecular weight excluding hydrogens is 264 g/mol. The molecule has 0 saturated heterocycles. The average Bonchev–Trinajstić information content (AvgIpc) is 2.41. The van der Waals surface area contributed by atoms with Crippen molar-refractivity contribution in [3.05, 3.63) is 29.8 Å². The van der Waals surface area contributed by atoms with Crippen LogP contribution in [0.2, 0.25) is 0 Å². The van der Waals surface area contributed by atoms with Crippen molar-refractivity contribution in [2.75, 3.05) is 7.05 Å². The van der Waals surface area contributed by atoms with Crippen molar-refractivity contribution in [1.29, 1.82) is 0 Å². The van der Waals surface area contributed by atoms with Crippen LogP contribution in [-0.2, 0) is 0 Å². The molecule has 1 N–H and O–H groups in total. The molecule has 19 heavy (non-hydrogen) atoms. The zero-order valence-electron chi connectivity index (χ0n) is 11.5. The predicted octanol–water partition coefficient (Wildman–Crippen LogP) is 4.22. The summed E-state index contributed by atoms with van der Waals surface area (Å²) in [6.07, 6.45) is 4.66. The van der Waals surface area contributed by atoms with E-state index in [-0.39, 0.29) is 0 Å². The summed E-state index contributed by atoms with van der Waals surface area (Å²) in [5.74, 6) is -0.230. The zero-order chi connectivity index (χ0) is 13.8. The van der Waals surface area contributed by atoms with Crippen molar-refractivity contribution in [3.8, 4) is 0 Å². The van der Waals surface area contributed by atoms with Gasteiger partial charge in [0, 0.05) is 22.3 Å². The number of halogens is 2. The highest BCUT2D eigenvalue weighted by molar-refractivity contribution is 8.00. The molecule has 0 radical (unpaired) electrons. The van der Waals surface area contributed by atoms with E-state index in [1.807, 2.05) is 7.05 Å². The summed E-state index contributed by atoms with van der Waals surface area (Å²) < 4.78 is 26.7. The van der Waals surface area contributed by atoms with Gasteiger partial charge in [-0.25, -0.2) is 8.78 Å². The first kappa shape index (κ1) is 14.8. The summed E-state index contributed by atoms with van der Waals surface area (Å²) in [6, 6.07) is 4.27. The van der Waals surface area contributed by atoms with E-state index in [1.165, 1.54) is 18.9 Å². The van der Waals surface area contributed by atoms with Gasteiger partial charge in [-0.2, -0.15) is 0 Å². The van der Waals surface area contributed by atoms with Crippen molar-refractivity contribution in [2.45, 2.75) is 48.8 Å². The highest BCUT2D eigenvalue weighted by atomic mass is 32.2. The number of hydrogen-bond acceptors (Lipinski definition) is 2. The third-order valence-electron chi connectivity index (χ3n) is 4.02. The molecule has 0 aliphatic heterocycles. The Labute approximate surface area is 118 Å². The van der Waals surface area contributed by atoms with E-state index in [0.717, 1.165) is 24.8 Å². The van der Waals surface area contributed by atoms with Crippen LogP contribution in [0.4, 0.5) is 8.78 Å². The molecule has 2 rings (SSSR count). The van der Waals surface area contributed by atoms with Gasteiger partial charge in [-0.15, -0.1) is 11.8 Å². The van der Waals surface area contributed by atoms with Crippen molar-refractivity contribution >= 4 is 11.8 Å². The van der Waals surface area contributed by atoms with Crippen molar-refractivity contribution < 1.29 is 8.78 Å². The van der Waals surface area contributed by atoms with Crippen molar-refractivity contribution in [2.24, 2.45) is 5.92 Å². The second kappa shape index (κ2) is 6.71. The van der Waals surface area contributed by atoms with Crippen LogP contribution in [0.1, 0.15) is 32.6 Å². The van der Waals surface area contributed by atoms with Gasteiger partial charge in [0.05, 0.1) is 0 Å². The summed E-state index contributed by atoms with van der Waals surface area (Å²) in [4.78, 5) is 0.559. The molecule has 0 spiro atoms. The topological polar surface area (TPSA) is 12.0 Å². The maximum atomic E-state index is 13.7. The molecule has 1 aliphatic carbocycles. The summed E-state index contributed by atoms with van der Waals surface area (Å²) >= 11 is 1.55. The van der Waals surface area contributed by atoms with Gasteiger partial charge in [0.25, 0.3) is 0 Å². The smallest absolute Gasteiger partial charge is 0.139 e. The van der Waals surface area contributed by atoms with Gasteiger partial charge in [-0.05, 0) is 44.4 Å².